The highest BCUT2D eigenvalue weighted by molar-refractivity contribution is 5.28. The van der Waals surface area contributed by atoms with Crippen LogP contribution in [0.1, 0.15) is 114 Å². The molecule has 0 aliphatic heterocycles. The average Bonchev–Trinajstić information content (AvgIpc) is 2.78. The third-order valence-electron chi connectivity index (χ3n) is 5.29. The Hall–Kier alpha value is -0.790. The van der Waals surface area contributed by atoms with E-state index in [-0.39, 0.29) is 0 Å². The molecule has 1 heterocycles. The van der Waals surface area contributed by atoms with E-state index in [9.17, 15) is 0 Å². The normalized spacial score (nSPS) is 11.6. The summed E-state index contributed by atoms with van der Waals surface area (Å²) in [5.41, 5.74) is 4.20. The molecule has 0 bridgehead atoms. The second-order valence-corrected chi connectivity index (χ2v) is 7.31. The van der Waals surface area contributed by atoms with Crippen LogP contribution >= 0.6 is 0 Å². The summed E-state index contributed by atoms with van der Waals surface area (Å²) in [4.78, 5) is 0. The fraction of sp³-hybridized carbons (Fsp3) is 0.857. The highest BCUT2D eigenvalue weighted by Gasteiger charge is 2.19. The van der Waals surface area contributed by atoms with Crippen molar-refractivity contribution in [1.29, 1.82) is 0 Å². The number of aromatic nitrogens is 2. The van der Waals surface area contributed by atoms with Crippen molar-refractivity contribution in [2.24, 2.45) is 7.05 Å². The lowest BCUT2D eigenvalue weighted by atomic mass is 9.87. The first-order valence-electron chi connectivity index (χ1n) is 10.1. The number of hydrogen-bond donors (Lipinski definition) is 0. The Morgan fingerprint density at radius 1 is 0.783 bits per heavy atom. The molecule has 0 unspecified atom stereocenters. The molecule has 0 fully saturated rings. The molecule has 0 saturated carbocycles. The molecule has 0 N–H and O–H groups in total. The van der Waals surface area contributed by atoms with Gasteiger partial charge in [-0.3, -0.25) is 4.68 Å². The van der Waals surface area contributed by atoms with Crippen molar-refractivity contribution in [1.82, 2.24) is 9.78 Å². The molecule has 0 aromatic carbocycles. The molecule has 0 radical (unpaired) electrons. The van der Waals surface area contributed by atoms with Gasteiger partial charge >= 0.3 is 0 Å². The Morgan fingerprint density at radius 3 is 1.65 bits per heavy atom. The van der Waals surface area contributed by atoms with Crippen LogP contribution in [-0.4, -0.2) is 9.78 Å². The van der Waals surface area contributed by atoms with Crippen LogP contribution in [0.2, 0.25) is 0 Å². The van der Waals surface area contributed by atoms with Gasteiger partial charge in [0.05, 0.1) is 5.69 Å². The van der Waals surface area contributed by atoms with Gasteiger partial charge in [-0.05, 0) is 38.2 Å². The summed E-state index contributed by atoms with van der Waals surface area (Å²) >= 11 is 0. The molecule has 0 aliphatic carbocycles. The van der Waals surface area contributed by atoms with E-state index in [2.05, 4.69) is 44.5 Å². The van der Waals surface area contributed by atoms with Crippen LogP contribution in [0.15, 0.2) is 0 Å². The van der Waals surface area contributed by atoms with Crippen LogP contribution in [-0.2, 0) is 7.05 Å². The van der Waals surface area contributed by atoms with Gasteiger partial charge in [0.2, 0.25) is 0 Å². The zero-order chi connectivity index (χ0) is 17.1. The molecule has 23 heavy (non-hydrogen) atoms. The maximum atomic E-state index is 4.66. The van der Waals surface area contributed by atoms with Gasteiger partial charge in [0, 0.05) is 12.7 Å². The van der Waals surface area contributed by atoms with Crippen molar-refractivity contribution in [2.45, 2.75) is 111 Å². The van der Waals surface area contributed by atoms with Gasteiger partial charge in [-0.1, -0.05) is 78.1 Å². The van der Waals surface area contributed by atoms with E-state index < -0.39 is 0 Å². The van der Waals surface area contributed by atoms with E-state index in [4.69, 9.17) is 0 Å². The Labute approximate surface area is 145 Å². The number of rotatable bonds is 13. The molecule has 1 rings (SSSR count). The molecule has 0 atom stereocenters. The Bertz CT molecular complexity index is 406. The fourth-order valence-corrected chi connectivity index (χ4v) is 3.80. The Balaban J connectivity index is 2.57. The van der Waals surface area contributed by atoms with Gasteiger partial charge in [0.1, 0.15) is 0 Å². The second kappa shape index (κ2) is 11.7. The Morgan fingerprint density at radius 2 is 1.26 bits per heavy atom. The smallest absolute Gasteiger partial charge is 0.0631 e. The summed E-state index contributed by atoms with van der Waals surface area (Å²) in [6.45, 7) is 9.03. The van der Waals surface area contributed by atoms with Crippen LogP contribution in [0.5, 0.6) is 0 Å². The summed E-state index contributed by atoms with van der Waals surface area (Å²) in [6, 6.07) is 0. The van der Waals surface area contributed by atoms with Gasteiger partial charge in [-0.15, -0.1) is 0 Å². The second-order valence-electron chi connectivity index (χ2n) is 7.31. The molecular weight excluding hydrogens is 280 g/mol. The molecule has 0 aliphatic rings. The monoisotopic (exact) mass is 320 g/mol. The maximum absolute atomic E-state index is 4.66. The van der Waals surface area contributed by atoms with E-state index in [0.29, 0.717) is 0 Å². The average molecular weight is 321 g/mol. The van der Waals surface area contributed by atoms with E-state index in [0.717, 1.165) is 5.92 Å². The SMILES string of the molecule is CCCCCCCC(CCCCCCC)c1c(C)nn(C)c1C. The highest BCUT2D eigenvalue weighted by Crippen LogP contribution is 2.32. The summed E-state index contributed by atoms with van der Waals surface area (Å²) in [6.07, 6.45) is 16.5. The first kappa shape index (κ1) is 20.3. The van der Waals surface area contributed by atoms with Crippen molar-refractivity contribution < 1.29 is 0 Å². The number of nitrogens with zero attached hydrogens (tertiary/aromatic N) is 2. The molecule has 0 amide bonds. The molecule has 0 saturated heterocycles. The largest absolute Gasteiger partial charge is 0.272 e. The molecule has 134 valence electrons. The van der Waals surface area contributed by atoms with Crippen molar-refractivity contribution in [2.75, 3.05) is 0 Å². The minimum absolute atomic E-state index is 0.729. The first-order valence-corrected chi connectivity index (χ1v) is 10.1. The summed E-state index contributed by atoms with van der Waals surface area (Å²) in [5.74, 6) is 0.729. The van der Waals surface area contributed by atoms with Crippen LogP contribution in [0.4, 0.5) is 0 Å². The minimum Gasteiger partial charge on any atom is -0.272 e. The first-order chi connectivity index (χ1) is 11.1. The van der Waals surface area contributed by atoms with Crippen molar-refractivity contribution in [3.05, 3.63) is 17.0 Å². The highest BCUT2D eigenvalue weighted by atomic mass is 15.3. The van der Waals surface area contributed by atoms with Crippen LogP contribution in [0.3, 0.4) is 0 Å². The molecule has 2 nitrogen and oxygen atoms in total. The zero-order valence-corrected chi connectivity index (χ0v) is 16.5. The van der Waals surface area contributed by atoms with Gasteiger partial charge in [-0.2, -0.15) is 5.10 Å². The lowest BCUT2D eigenvalue weighted by Crippen LogP contribution is -2.03. The maximum Gasteiger partial charge on any atom is 0.0631 e. The molecular formula is C21H40N2. The van der Waals surface area contributed by atoms with Gasteiger partial charge in [0.25, 0.3) is 0 Å². The quantitative estimate of drug-likeness (QED) is 0.364. The summed E-state index contributed by atoms with van der Waals surface area (Å²) in [5, 5.41) is 4.66. The predicted molar refractivity (Wildman–Crippen MR) is 102 cm³/mol. The van der Waals surface area contributed by atoms with E-state index in [1.807, 2.05) is 0 Å². The lowest BCUT2D eigenvalue weighted by molar-refractivity contribution is 0.487. The van der Waals surface area contributed by atoms with Crippen LogP contribution < -0.4 is 0 Å². The minimum atomic E-state index is 0.729. The van der Waals surface area contributed by atoms with Crippen LogP contribution in [0.25, 0.3) is 0 Å². The fourth-order valence-electron chi connectivity index (χ4n) is 3.80. The third kappa shape index (κ3) is 7.10. The number of hydrogen-bond acceptors (Lipinski definition) is 1. The predicted octanol–water partition coefficient (Wildman–Crippen LogP) is 6.84. The molecule has 0 spiro atoms. The molecule has 1 aromatic heterocycles. The van der Waals surface area contributed by atoms with Crippen molar-refractivity contribution in [3.8, 4) is 0 Å². The van der Waals surface area contributed by atoms with Gasteiger partial charge in [-0.25, -0.2) is 0 Å². The van der Waals surface area contributed by atoms with E-state index >= 15 is 0 Å². The lowest BCUT2D eigenvalue weighted by Gasteiger charge is -2.18. The zero-order valence-electron chi connectivity index (χ0n) is 16.5. The van der Waals surface area contributed by atoms with Crippen LogP contribution in [0, 0.1) is 13.8 Å². The van der Waals surface area contributed by atoms with Gasteiger partial charge in [0.15, 0.2) is 0 Å². The van der Waals surface area contributed by atoms with E-state index in [1.54, 1.807) is 5.56 Å². The van der Waals surface area contributed by atoms with Crippen molar-refractivity contribution >= 4 is 0 Å². The van der Waals surface area contributed by atoms with E-state index in [1.165, 1.54) is 88.4 Å². The molecule has 2 heteroatoms. The summed E-state index contributed by atoms with van der Waals surface area (Å²) in [7, 11) is 2.09. The van der Waals surface area contributed by atoms with Crippen molar-refractivity contribution in [3.63, 3.8) is 0 Å². The third-order valence-corrected chi connectivity index (χ3v) is 5.29. The number of unbranched alkanes of at least 4 members (excludes halogenated alkanes) is 8. The molecule has 1 aromatic rings. The van der Waals surface area contributed by atoms with Gasteiger partial charge < -0.3 is 0 Å². The Kier molecular flexibility index (Phi) is 10.3. The topological polar surface area (TPSA) is 17.8 Å². The standard InChI is InChI=1S/C21H40N2/c1-6-8-10-12-14-16-20(17-15-13-11-9-7-2)21-18(3)22-23(5)19(21)4/h20H,6-17H2,1-5H3. The number of aryl methyl sites for hydroxylation is 2. The summed E-state index contributed by atoms with van der Waals surface area (Å²) < 4.78 is 2.08.